The van der Waals surface area contributed by atoms with Crippen LogP contribution >= 0.6 is 0 Å². The van der Waals surface area contributed by atoms with E-state index in [0.29, 0.717) is 38.3 Å². The first-order valence-corrected chi connectivity index (χ1v) is 9.46. The van der Waals surface area contributed by atoms with E-state index in [1.165, 1.54) is 18.2 Å². The number of aryl methyl sites for hydroxylation is 1. The molecule has 0 radical (unpaired) electrons. The second kappa shape index (κ2) is 9.32. The van der Waals surface area contributed by atoms with E-state index in [4.69, 9.17) is 0 Å². The Bertz CT molecular complexity index is 847. The molecule has 0 aromatic heterocycles. The van der Waals surface area contributed by atoms with Gasteiger partial charge in [0.05, 0.1) is 5.56 Å². The van der Waals surface area contributed by atoms with Gasteiger partial charge in [-0.15, -0.1) is 0 Å². The Kier molecular flexibility index (Phi) is 6.79. The van der Waals surface area contributed by atoms with Crippen LogP contribution in [0.1, 0.15) is 17.5 Å². The summed E-state index contributed by atoms with van der Waals surface area (Å²) in [6.45, 7) is -1.13. The summed E-state index contributed by atoms with van der Waals surface area (Å²) in [6.07, 6.45) is -3.67. The minimum Gasteiger partial charge on any atom is -0.435 e. The van der Waals surface area contributed by atoms with Gasteiger partial charge in [0.15, 0.2) is 0 Å². The molecule has 2 aromatic rings. The van der Waals surface area contributed by atoms with Gasteiger partial charge in [-0.05, 0) is 42.3 Å². The molecule has 1 aliphatic rings. The number of ether oxygens (including phenoxy) is 1. The zero-order chi connectivity index (χ0) is 21.7. The van der Waals surface area contributed by atoms with Crippen molar-refractivity contribution in [2.75, 3.05) is 31.1 Å². The zero-order valence-electron chi connectivity index (χ0n) is 16.0. The van der Waals surface area contributed by atoms with Crippen LogP contribution in [0.25, 0.3) is 0 Å². The van der Waals surface area contributed by atoms with Crippen LogP contribution in [0, 0.1) is 0 Å². The largest absolute Gasteiger partial charge is 0.435 e. The lowest BCUT2D eigenvalue weighted by Crippen LogP contribution is -2.48. The van der Waals surface area contributed by atoms with Crippen LogP contribution in [0.4, 0.5) is 27.6 Å². The number of amides is 1. The molecule has 9 heteroatoms. The lowest BCUT2D eigenvalue weighted by atomic mass is 10.1. The quantitative estimate of drug-likeness (QED) is 0.631. The van der Waals surface area contributed by atoms with E-state index in [9.17, 15) is 26.7 Å². The van der Waals surface area contributed by atoms with E-state index in [0.717, 1.165) is 17.7 Å². The van der Waals surface area contributed by atoms with Crippen LogP contribution in [-0.2, 0) is 17.4 Å². The third-order valence-electron chi connectivity index (χ3n) is 4.95. The van der Waals surface area contributed by atoms with Gasteiger partial charge in [-0.1, -0.05) is 18.2 Å². The molecule has 4 nitrogen and oxygen atoms in total. The monoisotopic (exact) mass is 428 g/mol. The third-order valence-corrected chi connectivity index (χ3v) is 4.95. The highest BCUT2D eigenvalue weighted by Crippen LogP contribution is 2.32. The summed E-state index contributed by atoms with van der Waals surface area (Å²) in [5.74, 6) is 0.0115. The summed E-state index contributed by atoms with van der Waals surface area (Å²) in [5, 5.41) is 0. The molecule has 1 saturated heterocycles. The molecule has 2 aromatic carbocycles. The first kappa shape index (κ1) is 21.9. The lowest BCUT2D eigenvalue weighted by Gasteiger charge is -2.36. The minimum atomic E-state index is -4.39. The Morgan fingerprint density at radius 2 is 1.67 bits per heavy atom. The standard InChI is InChI=1S/C21H21F5N2O2/c22-20(23)30-18-7-4-15(5-8-18)6-9-19(29)28-12-10-27(11-13-28)17-3-1-2-16(14-17)21(24,25)26/h1-5,7-8,14,20H,6,9-13H2. The van der Waals surface area contributed by atoms with Crippen molar-refractivity contribution in [1.82, 2.24) is 4.90 Å². The average Bonchev–Trinajstić information content (AvgIpc) is 2.72. The van der Waals surface area contributed by atoms with Crippen molar-refractivity contribution in [3.05, 3.63) is 59.7 Å². The number of rotatable bonds is 6. The first-order valence-electron chi connectivity index (χ1n) is 9.46. The Morgan fingerprint density at radius 3 is 2.27 bits per heavy atom. The molecule has 162 valence electrons. The predicted molar refractivity (Wildman–Crippen MR) is 102 cm³/mol. The van der Waals surface area contributed by atoms with Gasteiger partial charge in [0, 0.05) is 38.3 Å². The van der Waals surface area contributed by atoms with Crippen molar-refractivity contribution in [1.29, 1.82) is 0 Å². The molecule has 1 amide bonds. The van der Waals surface area contributed by atoms with Gasteiger partial charge in [-0.2, -0.15) is 22.0 Å². The van der Waals surface area contributed by atoms with E-state index in [1.54, 1.807) is 23.1 Å². The molecule has 0 N–H and O–H groups in total. The second-order valence-electron chi connectivity index (χ2n) is 6.94. The van der Waals surface area contributed by atoms with Crippen LogP contribution in [0.15, 0.2) is 48.5 Å². The number of alkyl halides is 5. The van der Waals surface area contributed by atoms with Crippen molar-refractivity contribution < 1.29 is 31.5 Å². The van der Waals surface area contributed by atoms with Gasteiger partial charge >= 0.3 is 12.8 Å². The summed E-state index contributed by atoms with van der Waals surface area (Å²) >= 11 is 0. The Hall–Kier alpha value is -2.84. The molecule has 0 unspecified atom stereocenters. The number of halogens is 5. The predicted octanol–water partition coefficient (Wildman–Crippen LogP) is 4.59. The van der Waals surface area contributed by atoms with Crippen molar-refractivity contribution in [3.8, 4) is 5.75 Å². The Morgan fingerprint density at radius 1 is 1.00 bits per heavy atom. The Labute approximate surface area is 170 Å². The van der Waals surface area contributed by atoms with Crippen LogP contribution in [0.5, 0.6) is 5.75 Å². The van der Waals surface area contributed by atoms with Crippen LogP contribution < -0.4 is 9.64 Å². The van der Waals surface area contributed by atoms with Gasteiger partial charge in [0.2, 0.25) is 5.91 Å². The molecule has 3 rings (SSSR count). The third kappa shape index (κ3) is 5.84. The van der Waals surface area contributed by atoms with Gasteiger partial charge < -0.3 is 14.5 Å². The first-order chi connectivity index (χ1) is 14.2. The summed E-state index contributed by atoms with van der Waals surface area (Å²) in [5.41, 5.74) is 0.624. The molecular formula is C21H21F5N2O2. The van der Waals surface area contributed by atoms with Crippen LogP contribution in [-0.4, -0.2) is 43.6 Å². The number of carbonyl (C=O) groups is 1. The smallest absolute Gasteiger partial charge is 0.416 e. The second-order valence-corrected chi connectivity index (χ2v) is 6.94. The number of nitrogens with zero attached hydrogens (tertiary/aromatic N) is 2. The molecule has 0 atom stereocenters. The van der Waals surface area contributed by atoms with Crippen molar-refractivity contribution in [3.63, 3.8) is 0 Å². The number of benzene rings is 2. The zero-order valence-corrected chi connectivity index (χ0v) is 16.0. The molecule has 0 aliphatic carbocycles. The molecule has 1 aliphatic heterocycles. The molecule has 30 heavy (non-hydrogen) atoms. The molecule has 0 spiro atoms. The highest BCUT2D eigenvalue weighted by Gasteiger charge is 2.31. The van der Waals surface area contributed by atoms with E-state index >= 15 is 0 Å². The maximum Gasteiger partial charge on any atom is 0.416 e. The van der Waals surface area contributed by atoms with E-state index < -0.39 is 18.4 Å². The lowest BCUT2D eigenvalue weighted by molar-refractivity contribution is -0.137. The highest BCUT2D eigenvalue weighted by atomic mass is 19.4. The Balaban J connectivity index is 1.48. The maximum absolute atomic E-state index is 12.9. The van der Waals surface area contributed by atoms with E-state index in [1.807, 2.05) is 4.90 Å². The maximum atomic E-state index is 12.9. The van der Waals surface area contributed by atoms with Gasteiger partial charge in [0.1, 0.15) is 5.75 Å². The molecular weight excluding hydrogens is 407 g/mol. The normalized spacial score (nSPS) is 14.9. The van der Waals surface area contributed by atoms with Crippen molar-refractivity contribution in [2.45, 2.75) is 25.6 Å². The summed E-state index contributed by atoms with van der Waals surface area (Å²) in [4.78, 5) is 16.0. The highest BCUT2D eigenvalue weighted by molar-refractivity contribution is 5.76. The fraction of sp³-hybridized carbons (Fsp3) is 0.381. The van der Waals surface area contributed by atoms with Crippen molar-refractivity contribution in [2.24, 2.45) is 0 Å². The van der Waals surface area contributed by atoms with Crippen LogP contribution in [0.3, 0.4) is 0 Å². The fourth-order valence-corrected chi connectivity index (χ4v) is 3.34. The van der Waals surface area contributed by atoms with Crippen LogP contribution in [0.2, 0.25) is 0 Å². The summed E-state index contributed by atoms with van der Waals surface area (Å²) < 4.78 is 67.3. The van der Waals surface area contributed by atoms with E-state index in [-0.39, 0.29) is 18.1 Å². The molecule has 1 fully saturated rings. The number of anilines is 1. The van der Waals surface area contributed by atoms with E-state index in [2.05, 4.69) is 4.74 Å². The number of carbonyl (C=O) groups excluding carboxylic acids is 1. The number of hydrogen-bond donors (Lipinski definition) is 0. The summed E-state index contributed by atoms with van der Waals surface area (Å²) in [7, 11) is 0. The molecule has 0 saturated carbocycles. The van der Waals surface area contributed by atoms with Gasteiger partial charge in [-0.3, -0.25) is 4.79 Å². The number of piperazine rings is 1. The SMILES string of the molecule is O=C(CCc1ccc(OC(F)F)cc1)N1CCN(c2cccc(C(F)(F)F)c2)CC1. The minimum absolute atomic E-state index is 0.0494. The molecule has 0 bridgehead atoms. The van der Waals surface area contributed by atoms with Gasteiger partial charge in [0.25, 0.3) is 0 Å². The van der Waals surface area contributed by atoms with Gasteiger partial charge in [-0.25, -0.2) is 0 Å². The average molecular weight is 428 g/mol. The fourth-order valence-electron chi connectivity index (χ4n) is 3.34. The number of hydrogen-bond acceptors (Lipinski definition) is 3. The molecule has 1 heterocycles. The van der Waals surface area contributed by atoms with Crippen molar-refractivity contribution >= 4 is 11.6 Å². The summed E-state index contributed by atoms with van der Waals surface area (Å²) in [6, 6.07) is 11.3. The topological polar surface area (TPSA) is 32.8 Å².